The fraction of sp³-hybridized carbons (Fsp3) is 1.00. The van der Waals surface area contributed by atoms with Gasteiger partial charge in [0, 0.05) is 6.04 Å². The van der Waals surface area contributed by atoms with Gasteiger partial charge in [-0.2, -0.15) is 0 Å². The van der Waals surface area contributed by atoms with E-state index in [1.54, 1.807) is 0 Å². The highest BCUT2D eigenvalue weighted by Crippen LogP contribution is 2.21. The van der Waals surface area contributed by atoms with Crippen LogP contribution in [0.4, 0.5) is 0 Å². The van der Waals surface area contributed by atoms with Crippen molar-refractivity contribution in [2.45, 2.75) is 64.2 Å². The molecule has 13 heavy (non-hydrogen) atoms. The van der Waals surface area contributed by atoms with Gasteiger partial charge in [0.25, 0.3) is 0 Å². The first kappa shape index (κ1) is 11.0. The number of nitrogens with one attached hydrogen (secondary N) is 1. The van der Waals surface area contributed by atoms with E-state index in [0.29, 0.717) is 18.2 Å². The third kappa shape index (κ3) is 3.65. The van der Waals surface area contributed by atoms with Gasteiger partial charge in [-0.1, -0.05) is 19.3 Å². The van der Waals surface area contributed by atoms with Gasteiger partial charge in [-0.15, -0.1) is 0 Å². The van der Waals surface area contributed by atoms with Crippen molar-refractivity contribution in [3.63, 3.8) is 0 Å². The van der Waals surface area contributed by atoms with E-state index in [4.69, 9.17) is 4.74 Å². The molecule has 0 bridgehead atoms. The van der Waals surface area contributed by atoms with Crippen LogP contribution in [-0.4, -0.2) is 25.3 Å². The van der Waals surface area contributed by atoms with E-state index in [1.807, 2.05) is 7.05 Å². The molecule has 2 atom stereocenters. The first-order valence-electron chi connectivity index (χ1n) is 5.56. The van der Waals surface area contributed by atoms with Crippen LogP contribution in [0, 0.1) is 0 Å². The van der Waals surface area contributed by atoms with Crippen LogP contribution < -0.4 is 5.32 Å². The maximum atomic E-state index is 5.91. The molecule has 0 saturated heterocycles. The summed E-state index contributed by atoms with van der Waals surface area (Å²) in [6.45, 7) is 4.25. The molecule has 0 unspecified atom stereocenters. The summed E-state index contributed by atoms with van der Waals surface area (Å²) < 4.78 is 5.91. The normalized spacial score (nSPS) is 30.5. The Hall–Kier alpha value is -0.0800. The molecule has 1 rings (SSSR count). The molecule has 0 radical (unpaired) electrons. The smallest absolute Gasteiger partial charge is 0.0731 e. The van der Waals surface area contributed by atoms with Crippen LogP contribution in [0.1, 0.15) is 46.0 Å². The lowest BCUT2D eigenvalue weighted by Crippen LogP contribution is -2.39. The molecule has 0 spiro atoms. The number of likely N-dealkylation sites (N-methyl/N-ethyl adjacent to an activating group) is 1. The molecule has 1 N–H and O–H groups in total. The summed E-state index contributed by atoms with van der Waals surface area (Å²) in [4.78, 5) is 0. The SMILES string of the molecule is CN[C@@H]1CCCCC[C@@H]1OC(C)C. The Kier molecular flexibility index (Phi) is 4.74. The molecule has 2 nitrogen and oxygen atoms in total. The zero-order valence-corrected chi connectivity index (χ0v) is 9.18. The fourth-order valence-corrected chi connectivity index (χ4v) is 2.12. The largest absolute Gasteiger partial charge is 0.374 e. The van der Waals surface area contributed by atoms with Crippen LogP contribution >= 0.6 is 0 Å². The average Bonchev–Trinajstić information content (AvgIpc) is 2.28. The van der Waals surface area contributed by atoms with Crippen LogP contribution in [-0.2, 0) is 4.74 Å². The topological polar surface area (TPSA) is 21.3 Å². The summed E-state index contributed by atoms with van der Waals surface area (Å²) in [5, 5.41) is 3.37. The lowest BCUT2D eigenvalue weighted by molar-refractivity contribution is -0.0157. The van der Waals surface area contributed by atoms with Crippen LogP contribution in [0.5, 0.6) is 0 Å². The number of rotatable bonds is 3. The molecule has 0 aliphatic heterocycles. The highest BCUT2D eigenvalue weighted by atomic mass is 16.5. The fourth-order valence-electron chi connectivity index (χ4n) is 2.12. The van der Waals surface area contributed by atoms with Crippen LogP contribution in [0.2, 0.25) is 0 Å². The van der Waals surface area contributed by atoms with Crippen molar-refractivity contribution in [3.05, 3.63) is 0 Å². The molecule has 0 aromatic rings. The molecule has 78 valence electrons. The monoisotopic (exact) mass is 185 g/mol. The van der Waals surface area contributed by atoms with Crippen molar-refractivity contribution < 1.29 is 4.74 Å². The predicted molar refractivity (Wildman–Crippen MR) is 55.9 cm³/mol. The van der Waals surface area contributed by atoms with Crippen molar-refractivity contribution in [3.8, 4) is 0 Å². The van der Waals surface area contributed by atoms with Gasteiger partial charge in [-0.05, 0) is 33.7 Å². The first-order valence-corrected chi connectivity index (χ1v) is 5.56. The van der Waals surface area contributed by atoms with E-state index in [1.165, 1.54) is 32.1 Å². The number of hydrogen-bond donors (Lipinski definition) is 1. The molecule has 0 aromatic carbocycles. The summed E-state index contributed by atoms with van der Waals surface area (Å²) in [6, 6.07) is 0.574. The second-order valence-electron chi connectivity index (χ2n) is 4.26. The second-order valence-corrected chi connectivity index (χ2v) is 4.26. The molecule has 1 aliphatic rings. The van der Waals surface area contributed by atoms with E-state index < -0.39 is 0 Å². The Morgan fingerprint density at radius 3 is 2.46 bits per heavy atom. The van der Waals surface area contributed by atoms with Crippen LogP contribution in [0.15, 0.2) is 0 Å². The maximum Gasteiger partial charge on any atom is 0.0731 e. The van der Waals surface area contributed by atoms with Crippen LogP contribution in [0.3, 0.4) is 0 Å². The van der Waals surface area contributed by atoms with Crippen molar-refractivity contribution in [2.75, 3.05) is 7.05 Å². The van der Waals surface area contributed by atoms with Gasteiger partial charge < -0.3 is 10.1 Å². The quantitative estimate of drug-likeness (QED) is 0.681. The van der Waals surface area contributed by atoms with Gasteiger partial charge in [0.05, 0.1) is 12.2 Å². The van der Waals surface area contributed by atoms with Crippen molar-refractivity contribution >= 4 is 0 Å². The molecular formula is C11H23NO. The van der Waals surface area contributed by atoms with E-state index in [-0.39, 0.29) is 0 Å². The highest BCUT2D eigenvalue weighted by molar-refractivity contribution is 4.79. The van der Waals surface area contributed by atoms with Crippen LogP contribution in [0.25, 0.3) is 0 Å². The van der Waals surface area contributed by atoms with Crippen molar-refractivity contribution in [1.82, 2.24) is 5.32 Å². The minimum Gasteiger partial charge on any atom is -0.374 e. The summed E-state index contributed by atoms with van der Waals surface area (Å²) in [5.74, 6) is 0. The molecule has 0 heterocycles. The van der Waals surface area contributed by atoms with Gasteiger partial charge in [0.2, 0.25) is 0 Å². The summed E-state index contributed by atoms with van der Waals surface area (Å²) in [7, 11) is 2.05. The summed E-state index contributed by atoms with van der Waals surface area (Å²) in [6.07, 6.45) is 7.35. The molecule has 2 heteroatoms. The summed E-state index contributed by atoms with van der Waals surface area (Å²) in [5.41, 5.74) is 0. The molecule has 1 fully saturated rings. The molecule has 0 amide bonds. The highest BCUT2D eigenvalue weighted by Gasteiger charge is 2.23. The zero-order valence-electron chi connectivity index (χ0n) is 9.18. The Morgan fingerprint density at radius 1 is 1.15 bits per heavy atom. The van der Waals surface area contributed by atoms with Crippen molar-refractivity contribution in [1.29, 1.82) is 0 Å². The van der Waals surface area contributed by atoms with E-state index in [9.17, 15) is 0 Å². The summed E-state index contributed by atoms with van der Waals surface area (Å²) >= 11 is 0. The molecular weight excluding hydrogens is 162 g/mol. The Labute approximate surface area is 82.0 Å². The van der Waals surface area contributed by atoms with Gasteiger partial charge in [-0.25, -0.2) is 0 Å². The minimum atomic E-state index is 0.360. The van der Waals surface area contributed by atoms with Gasteiger partial charge in [0.15, 0.2) is 0 Å². The first-order chi connectivity index (χ1) is 6.24. The predicted octanol–water partition coefficient (Wildman–Crippen LogP) is 2.33. The van der Waals surface area contributed by atoms with Gasteiger partial charge >= 0.3 is 0 Å². The van der Waals surface area contributed by atoms with Crippen molar-refractivity contribution in [2.24, 2.45) is 0 Å². The maximum absolute atomic E-state index is 5.91. The minimum absolute atomic E-state index is 0.360. The Bertz CT molecular complexity index is 136. The Morgan fingerprint density at radius 2 is 1.85 bits per heavy atom. The molecule has 1 saturated carbocycles. The number of ether oxygens (including phenoxy) is 1. The second kappa shape index (κ2) is 5.61. The average molecular weight is 185 g/mol. The van der Waals surface area contributed by atoms with Gasteiger partial charge in [0.1, 0.15) is 0 Å². The lowest BCUT2D eigenvalue weighted by atomic mass is 10.1. The number of hydrogen-bond acceptors (Lipinski definition) is 2. The molecule has 1 aliphatic carbocycles. The van der Waals surface area contributed by atoms with Gasteiger partial charge in [-0.3, -0.25) is 0 Å². The third-order valence-electron chi connectivity index (χ3n) is 2.77. The Balaban J connectivity index is 2.44. The van der Waals surface area contributed by atoms with E-state index >= 15 is 0 Å². The standard InChI is InChI=1S/C11H23NO/c1-9(2)13-11-8-6-4-5-7-10(11)12-3/h9-12H,4-8H2,1-3H3/t10-,11+/m1/s1. The third-order valence-corrected chi connectivity index (χ3v) is 2.77. The molecule has 0 aromatic heterocycles. The van der Waals surface area contributed by atoms with E-state index in [0.717, 1.165) is 0 Å². The lowest BCUT2D eigenvalue weighted by Gasteiger charge is -2.26. The van der Waals surface area contributed by atoms with E-state index in [2.05, 4.69) is 19.2 Å². The zero-order chi connectivity index (χ0) is 9.68.